The number of aliphatic hydroxyl groups excluding tert-OH is 1. The molecule has 0 fully saturated rings. The van der Waals surface area contributed by atoms with Crippen LogP contribution in [0.3, 0.4) is 0 Å². The van der Waals surface area contributed by atoms with Gasteiger partial charge in [0.2, 0.25) is 0 Å². The minimum Gasteiger partial charge on any atom is -0.385 e. The van der Waals surface area contributed by atoms with E-state index in [1.165, 1.54) is 6.92 Å². The highest BCUT2D eigenvalue weighted by molar-refractivity contribution is 5.99. The number of carbonyl (C=O) groups is 2. The maximum absolute atomic E-state index is 10.7. The number of aliphatic hydroxyl groups is 1. The molecule has 0 amide bonds. The lowest BCUT2D eigenvalue weighted by Gasteiger charge is -2.02. The van der Waals surface area contributed by atoms with Gasteiger partial charge in [0.15, 0.2) is 5.78 Å². The minimum atomic E-state index is -0.955. The zero-order chi connectivity index (χ0) is 8.15. The molecule has 1 atom stereocenters. The molecule has 3 nitrogen and oxygen atoms in total. The van der Waals surface area contributed by atoms with Crippen molar-refractivity contribution in [2.24, 2.45) is 0 Å². The van der Waals surface area contributed by atoms with Crippen LogP contribution in [0.4, 0.5) is 0 Å². The Morgan fingerprint density at radius 2 is 2.00 bits per heavy atom. The van der Waals surface area contributed by atoms with Gasteiger partial charge in [0.05, 0.1) is 6.42 Å². The number of hydrogen-bond acceptors (Lipinski definition) is 3. The first-order valence-electron chi connectivity index (χ1n) is 3.28. The SMILES string of the molecule is CCC(O)C(=O)CC(C)=O. The highest BCUT2D eigenvalue weighted by atomic mass is 16.3. The third-order valence-corrected chi connectivity index (χ3v) is 1.18. The second-order valence-electron chi connectivity index (χ2n) is 2.27. The Kier molecular flexibility index (Phi) is 3.88. The molecule has 0 bridgehead atoms. The van der Waals surface area contributed by atoms with Gasteiger partial charge in [-0.3, -0.25) is 9.59 Å². The summed E-state index contributed by atoms with van der Waals surface area (Å²) in [5.74, 6) is -0.576. The molecule has 1 unspecified atom stereocenters. The molecule has 0 aliphatic heterocycles. The normalized spacial score (nSPS) is 12.7. The molecular formula is C7H12O3. The molecule has 0 aromatic carbocycles. The molecule has 0 heterocycles. The van der Waals surface area contributed by atoms with Crippen LogP contribution in [0.5, 0.6) is 0 Å². The Bertz CT molecular complexity index is 140. The van der Waals surface area contributed by atoms with E-state index in [9.17, 15) is 9.59 Å². The van der Waals surface area contributed by atoms with E-state index in [0.29, 0.717) is 6.42 Å². The lowest BCUT2D eigenvalue weighted by atomic mass is 10.1. The van der Waals surface area contributed by atoms with Crippen LogP contribution in [-0.2, 0) is 9.59 Å². The van der Waals surface area contributed by atoms with Crippen LogP contribution in [0.25, 0.3) is 0 Å². The predicted octanol–water partition coefficient (Wildman–Crippen LogP) is 0.305. The summed E-state index contributed by atoms with van der Waals surface area (Å²) in [6.07, 6.45) is -0.718. The zero-order valence-corrected chi connectivity index (χ0v) is 6.26. The van der Waals surface area contributed by atoms with Gasteiger partial charge in [-0.2, -0.15) is 0 Å². The van der Waals surface area contributed by atoms with Crippen molar-refractivity contribution in [1.29, 1.82) is 0 Å². The van der Waals surface area contributed by atoms with E-state index < -0.39 is 6.10 Å². The topological polar surface area (TPSA) is 54.4 Å². The van der Waals surface area contributed by atoms with Crippen LogP contribution >= 0.6 is 0 Å². The van der Waals surface area contributed by atoms with Gasteiger partial charge in [0.1, 0.15) is 11.9 Å². The Labute approximate surface area is 60.0 Å². The molecular weight excluding hydrogens is 132 g/mol. The molecule has 0 radical (unpaired) electrons. The molecule has 0 aliphatic carbocycles. The van der Waals surface area contributed by atoms with Gasteiger partial charge >= 0.3 is 0 Å². The van der Waals surface area contributed by atoms with Gasteiger partial charge in [0.25, 0.3) is 0 Å². The molecule has 0 aliphatic rings. The van der Waals surface area contributed by atoms with Crippen molar-refractivity contribution in [2.45, 2.75) is 32.8 Å². The van der Waals surface area contributed by atoms with Crippen molar-refractivity contribution >= 4 is 11.6 Å². The lowest BCUT2D eigenvalue weighted by Crippen LogP contribution is -2.21. The maximum atomic E-state index is 10.7. The van der Waals surface area contributed by atoms with E-state index >= 15 is 0 Å². The van der Waals surface area contributed by atoms with Crippen LogP contribution in [0, 0.1) is 0 Å². The average Bonchev–Trinajstić information content (AvgIpc) is 1.85. The van der Waals surface area contributed by atoms with Gasteiger partial charge in [0, 0.05) is 0 Å². The van der Waals surface area contributed by atoms with E-state index in [-0.39, 0.29) is 18.0 Å². The number of ketones is 2. The smallest absolute Gasteiger partial charge is 0.168 e. The second kappa shape index (κ2) is 4.17. The van der Waals surface area contributed by atoms with Crippen molar-refractivity contribution in [2.75, 3.05) is 0 Å². The fourth-order valence-electron chi connectivity index (χ4n) is 0.591. The summed E-state index contributed by atoms with van der Waals surface area (Å²) in [6.45, 7) is 3.03. The third-order valence-electron chi connectivity index (χ3n) is 1.18. The standard InChI is InChI=1S/C7H12O3/c1-3-6(9)7(10)4-5(2)8/h6,9H,3-4H2,1-2H3. The molecule has 58 valence electrons. The van der Waals surface area contributed by atoms with Crippen LogP contribution in [0.2, 0.25) is 0 Å². The highest BCUT2D eigenvalue weighted by Gasteiger charge is 2.13. The van der Waals surface area contributed by atoms with Crippen molar-refractivity contribution in [3.05, 3.63) is 0 Å². The summed E-state index contributed by atoms with van der Waals surface area (Å²) in [5.41, 5.74) is 0. The van der Waals surface area contributed by atoms with Gasteiger partial charge in [-0.05, 0) is 13.3 Å². The molecule has 0 saturated carbocycles. The van der Waals surface area contributed by atoms with Gasteiger partial charge < -0.3 is 5.11 Å². The number of Topliss-reactive ketones (excluding diaryl/α,β-unsaturated/α-hetero) is 2. The molecule has 0 rings (SSSR count). The van der Waals surface area contributed by atoms with Crippen LogP contribution in [-0.4, -0.2) is 22.8 Å². The van der Waals surface area contributed by atoms with Gasteiger partial charge in [-0.1, -0.05) is 6.92 Å². The van der Waals surface area contributed by atoms with E-state index in [2.05, 4.69) is 0 Å². The lowest BCUT2D eigenvalue weighted by molar-refractivity contribution is -0.131. The fraction of sp³-hybridized carbons (Fsp3) is 0.714. The quantitative estimate of drug-likeness (QED) is 0.577. The fourth-order valence-corrected chi connectivity index (χ4v) is 0.591. The Hall–Kier alpha value is -0.700. The number of carbonyl (C=O) groups excluding carboxylic acids is 2. The monoisotopic (exact) mass is 144 g/mol. The van der Waals surface area contributed by atoms with Crippen LogP contribution in [0.1, 0.15) is 26.7 Å². The summed E-state index contributed by atoms with van der Waals surface area (Å²) in [6, 6.07) is 0. The molecule has 0 saturated heterocycles. The van der Waals surface area contributed by atoms with Crippen molar-refractivity contribution < 1.29 is 14.7 Å². The Balaban J connectivity index is 3.73. The Morgan fingerprint density at radius 3 is 2.30 bits per heavy atom. The molecule has 0 aromatic rings. The van der Waals surface area contributed by atoms with Gasteiger partial charge in [-0.15, -0.1) is 0 Å². The molecule has 1 N–H and O–H groups in total. The third kappa shape index (κ3) is 3.35. The molecule has 0 spiro atoms. The summed E-state index contributed by atoms with van der Waals surface area (Å²) in [7, 11) is 0. The van der Waals surface area contributed by atoms with Crippen molar-refractivity contribution in [3.8, 4) is 0 Å². The largest absolute Gasteiger partial charge is 0.385 e. The van der Waals surface area contributed by atoms with E-state index in [0.717, 1.165) is 0 Å². The van der Waals surface area contributed by atoms with E-state index in [1.807, 2.05) is 0 Å². The van der Waals surface area contributed by atoms with Crippen LogP contribution < -0.4 is 0 Å². The van der Waals surface area contributed by atoms with Crippen LogP contribution in [0.15, 0.2) is 0 Å². The highest BCUT2D eigenvalue weighted by Crippen LogP contribution is 1.96. The minimum absolute atomic E-state index is 0.144. The van der Waals surface area contributed by atoms with Crippen molar-refractivity contribution in [1.82, 2.24) is 0 Å². The van der Waals surface area contributed by atoms with Gasteiger partial charge in [-0.25, -0.2) is 0 Å². The number of hydrogen-bond donors (Lipinski definition) is 1. The van der Waals surface area contributed by atoms with Crippen molar-refractivity contribution in [3.63, 3.8) is 0 Å². The van der Waals surface area contributed by atoms with E-state index in [4.69, 9.17) is 5.11 Å². The summed E-state index contributed by atoms with van der Waals surface area (Å²) >= 11 is 0. The second-order valence-corrected chi connectivity index (χ2v) is 2.27. The first-order chi connectivity index (χ1) is 4.57. The summed E-state index contributed by atoms with van der Waals surface area (Å²) in [5, 5.41) is 8.87. The van der Waals surface area contributed by atoms with E-state index in [1.54, 1.807) is 6.92 Å². The predicted molar refractivity (Wildman–Crippen MR) is 36.6 cm³/mol. The zero-order valence-electron chi connectivity index (χ0n) is 6.26. The Morgan fingerprint density at radius 1 is 1.50 bits per heavy atom. The average molecular weight is 144 g/mol. The first-order valence-corrected chi connectivity index (χ1v) is 3.28. The maximum Gasteiger partial charge on any atom is 0.168 e. The molecule has 3 heteroatoms. The number of rotatable bonds is 4. The summed E-state index contributed by atoms with van der Waals surface area (Å²) < 4.78 is 0. The molecule has 0 aromatic heterocycles. The summed E-state index contributed by atoms with van der Waals surface area (Å²) in [4.78, 5) is 21.1. The molecule has 10 heavy (non-hydrogen) atoms. The first kappa shape index (κ1) is 9.30.